The predicted octanol–water partition coefficient (Wildman–Crippen LogP) is 1.32. The van der Waals surface area contributed by atoms with E-state index in [2.05, 4.69) is 0 Å². The largest absolute Gasteiger partial charge is 0.480 e. The lowest BCUT2D eigenvalue weighted by Gasteiger charge is -2.30. The lowest BCUT2D eigenvalue weighted by molar-refractivity contribution is -0.135. The van der Waals surface area contributed by atoms with Gasteiger partial charge >= 0.3 is 12.0 Å². The first-order valence-electron chi connectivity index (χ1n) is 6.30. The first-order chi connectivity index (χ1) is 9.36. The van der Waals surface area contributed by atoms with Crippen molar-refractivity contribution in [2.24, 2.45) is 0 Å². The quantitative estimate of drug-likeness (QED) is 0.852. The van der Waals surface area contributed by atoms with Crippen LogP contribution in [0.2, 0.25) is 0 Å². The van der Waals surface area contributed by atoms with E-state index in [1.54, 1.807) is 19.1 Å². The van der Waals surface area contributed by atoms with E-state index in [9.17, 15) is 9.59 Å². The Kier molecular flexibility index (Phi) is 5.52. The third-order valence-corrected chi connectivity index (χ3v) is 3.10. The summed E-state index contributed by atoms with van der Waals surface area (Å²) in [6.07, 6.45) is 0. The Bertz CT molecular complexity index is 473. The van der Waals surface area contributed by atoms with E-state index in [-0.39, 0.29) is 12.6 Å². The monoisotopic (exact) mass is 280 g/mol. The molecule has 1 atom stereocenters. The van der Waals surface area contributed by atoms with Crippen molar-refractivity contribution >= 4 is 17.7 Å². The highest BCUT2D eigenvalue weighted by Gasteiger charge is 2.24. The van der Waals surface area contributed by atoms with E-state index in [1.165, 1.54) is 16.8 Å². The number of hydrogen-bond donors (Lipinski definition) is 2. The second-order valence-electron chi connectivity index (χ2n) is 4.74. The van der Waals surface area contributed by atoms with Gasteiger partial charge < -0.3 is 15.1 Å². The molecule has 110 valence electrons. The molecular weight excluding hydrogens is 260 g/mol. The maximum Gasteiger partial charge on any atom is 0.325 e. The lowest BCUT2D eigenvalue weighted by atomic mass is 10.2. The molecule has 0 aliphatic carbocycles. The number of aliphatic hydroxyl groups excluding tert-OH is 1. The van der Waals surface area contributed by atoms with Crippen molar-refractivity contribution in [2.45, 2.75) is 19.9 Å². The molecule has 0 spiro atoms. The Hall–Kier alpha value is -2.08. The van der Waals surface area contributed by atoms with Gasteiger partial charge in [0.2, 0.25) is 0 Å². The van der Waals surface area contributed by atoms with Crippen LogP contribution < -0.4 is 4.90 Å². The zero-order valence-corrected chi connectivity index (χ0v) is 11.9. The van der Waals surface area contributed by atoms with Crippen LogP contribution in [0.3, 0.4) is 0 Å². The molecule has 2 amide bonds. The standard InChI is InChI=1S/C14H20N2O4/c1-10-4-6-12(7-5-10)16(8-13(18)19)14(20)15(3)11(2)9-17/h4-7,11,17H,8-9H2,1-3H3,(H,18,19). The van der Waals surface area contributed by atoms with Crippen LogP contribution in [0.5, 0.6) is 0 Å². The van der Waals surface area contributed by atoms with Crippen LogP contribution in [-0.2, 0) is 4.79 Å². The molecule has 6 nitrogen and oxygen atoms in total. The predicted molar refractivity (Wildman–Crippen MR) is 75.9 cm³/mol. The fourth-order valence-corrected chi connectivity index (χ4v) is 1.63. The smallest absolute Gasteiger partial charge is 0.325 e. The van der Waals surface area contributed by atoms with Crippen molar-refractivity contribution in [3.8, 4) is 0 Å². The molecule has 1 unspecified atom stereocenters. The van der Waals surface area contributed by atoms with Gasteiger partial charge in [-0.2, -0.15) is 0 Å². The second-order valence-corrected chi connectivity index (χ2v) is 4.74. The van der Waals surface area contributed by atoms with E-state index < -0.39 is 18.5 Å². The molecular formula is C14H20N2O4. The number of urea groups is 1. The number of likely N-dealkylation sites (N-methyl/N-ethyl adjacent to an activating group) is 1. The fourth-order valence-electron chi connectivity index (χ4n) is 1.63. The number of rotatable bonds is 5. The van der Waals surface area contributed by atoms with Gasteiger partial charge in [0.15, 0.2) is 0 Å². The molecule has 1 aromatic rings. The molecule has 0 saturated heterocycles. The van der Waals surface area contributed by atoms with E-state index in [1.807, 2.05) is 19.1 Å². The number of nitrogens with zero attached hydrogens (tertiary/aromatic N) is 2. The van der Waals surface area contributed by atoms with Gasteiger partial charge in [-0.05, 0) is 26.0 Å². The fraction of sp³-hybridized carbons (Fsp3) is 0.429. The number of anilines is 1. The van der Waals surface area contributed by atoms with E-state index in [0.717, 1.165) is 5.56 Å². The molecule has 0 fully saturated rings. The summed E-state index contributed by atoms with van der Waals surface area (Å²) in [7, 11) is 1.53. The zero-order valence-electron chi connectivity index (χ0n) is 11.9. The van der Waals surface area contributed by atoms with Crippen LogP contribution in [0.4, 0.5) is 10.5 Å². The topological polar surface area (TPSA) is 81.1 Å². The highest BCUT2D eigenvalue weighted by molar-refractivity contribution is 5.96. The average molecular weight is 280 g/mol. The van der Waals surface area contributed by atoms with E-state index >= 15 is 0 Å². The van der Waals surface area contributed by atoms with Gasteiger partial charge in [0.25, 0.3) is 0 Å². The molecule has 0 aliphatic heterocycles. The molecule has 2 N–H and O–H groups in total. The Morgan fingerprint density at radius 2 is 1.80 bits per heavy atom. The summed E-state index contributed by atoms with van der Waals surface area (Å²) < 4.78 is 0. The van der Waals surface area contributed by atoms with Crippen molar-refractivity contribution < 1.29 is 19.8 Å². The summed E-state index contributed by atoms with van der Waals surface area (Å²) in [5.74, 6) is -1.09. The van der Waals surface area contributed by atoms with Crippen molar-refractivity contribution in [3.05, 3.63) is 29.8 Å². The normalized spacial score (nSPS) is 11.8. The molecule has 0 heterocycles. The molecule has 0 aromatic heterocycles. The molecule has 1 aromatic carbocycles. The number of hydrogen-bond acceptors (Lipinski definition) is 3. The number of carbonyl (C=O) groups is 2. The number of benzene rings is 1. The Morgan fingerprint density at radius 3 is 2.25 bits per heavy atom. The van der Waals surface area contributed by atoms with Gasteiger partial charge in [-0.1, -0.05) is 17.7 Å². The van der Waals surface area contributed by atoms with Crippen LogP contribution in [0.15, 0.2) is 24.3 Å². The lowest BCUT2D eigenvalue weighted by Crippen LogP contribution is -2.48. The van der Waals surface area contributed by atoms with Gasteiger partial charge in [-0.3, -0.25) is 9.69 Å². The number of aliphatic hydroxyl groups is 1. The first kappa shape index (κ1) is 16.0. The summed E-state index contributed by atoms with van der Waals surface area (Å²) in [4.78, 5) is 25.8. The van der Waals surface area contributed by atoms with E-state index in [4.69, 9.17) is 10.2 Å². The summed E-state index contributed by atoms with van der Waals surface area (Å²) in [5, 5.41) is 18.1. The van der Waals surface area contributed by atoms with Crippen molar-refractivity contribution in [2.75, 3.05) is 25.1 Å². The highest BCUT2D eigenvalue weighted by Crippen LogP contribution is 2.17. The third-order valence-electron chi connectivity index (χ3n) is 3.10. The summed E-state index contributed by atoms with van der Waals surface area (Å²) >= 11 is 0. The van der Waals surface area contributed by atoms with Crippen LogP contribution in [0.25, 0.3) is 0 Å². The maximum atomic E-state index is 12.3. The van der Waals surface area contributed by atoms with Gasteiger partial charge in [-0.25, -0.2) is 4.79 Å². The minimum Gasteiger partial charge on any atom is -0.480 e. The van der Waals surface area contributed by atoms with Crippen LogP contribution >= 0.6 is 0 Å². The second kappa shape index (κ2) is 6.91. The Labute approximate surface area is 118 Å². The average Bonchev–Trinajstić information content (AvgIpc) is 2.43. The summed E-state index contributed by atoms with van der Waals surface area (Å²) in [6, 6.07) is 6.18. The molecule has 1 rings (SSSR count). The van der Waals surface area contributed by atoms with Crippen LogP contribution in [0.1, 0.15) is 12.5 Å². The minimum absolute atomic E-state index is 0.183. The molecule has 20 heavy (non-hydrogen) atoms. The minimum atomic E-state index is -1.09. The molecule has 0 bridgehead atoms. The van der Waals surface area contributed by atoms with Crippen LogP contribution in [0, 0.1) is 6.92 Å². The number of carbonyl (C=O) groups excluding carboxylic acids is 1. The number of aliphatic carboxylic acids is 1. The maximum absolute atomic E-state index is 12.3. The van der Waals surface area contributed by atoms with Gasteiger partial charge in [0.05, 0.1) is 12.6 Å². The zero-order chi connectivity index (χ0) is 15.3. The Morgan fingerprint density at radius 1 is 1.25 bits per heavy atom. The summed E-state index contributed by atoms with van der Waals surface area (Å²) in [6.45, 7) is 2.99. The number of carboxylic acids is 1. The Balaban J connectivity index is 3.03. The SMILES string of the molecule is Cc1ccc(N(CC(=O)O)C(=O)N(C)C(C)CO)cc1. The number of aryl methyl sites for hydroxylation is 1. The van der Waals surface area contributed by atoms with E-state index in [0.29, 0.717) is 5.69 Å². The number of carboxylic acid groups (broad SMARTS) is 1. The molecule has 0 saturated carbocycles. The van der Waals surface area contributed by atoms with Crippen molar-refractivity contribution in [3.63, 3.8) is 0 Å². The highest BCUT2D eigenvalue weighted by atomic mass is 16.4. The van der Waals surface area contributed by atoms with Gasteiger partial charge in [-0.15, -0.1) is 0 Å². The first-order valence-corrected chi connectivity index (χ1v) is 6.30. The molecule has 0 aliphatic rings. The third kappa shape index (κ3) is 3.96. The van der Waals surface area contributed by atoms with Crippen molar-refractivity contribution in [1.29, 1.82) is 0 Å². The van der Waals surface area contributed by atoms with Crippen LogP contribution in [-0.4, -0.2) is 53.4 Å². The molecule has 6 heteroatoms. The van der Waals surface area contributed by atoms with Gasteiger partial charge in [0, 0.05) is 12.7 Å². The number of amides is 2. The summed E-state index contributed by atoms with van der Waals surface area (Å²) in [5.41, 5.74) is 1.54. The molecule has 0 radical (unpaired) electrons. The van der Waals surface area contributed by atoms with Crippen molar-refractivity contribution in [1.82, 2.24) is 4.90 Å². The van der Waals surface area contributed by atoms with Gasteiger partial charge in [0.1, 0.15) is 6.54 Å².